The first-order valence-corrected chi connectivity index (χ1v) is 6.80. The first kappa shape index (κ1) is 14.6. The zero-order valence-corrected chi connectivity index (χ0v) is 12.6. The standard InChI is InChI=1S/C13H9Cl4NO/c14-8-2-1-7(3-12(8)18)6-19-13-5-10(16)9(15)4-11(13)17/h1-5H,6,18H2. The molecule has 0 aliphatic heterocycles. The molecule has 0 fully saturated rings. The quantitative estimate of drug-likeness (QED) is 0.596. The highest BCUT2D eigenvalue weighted by Gasteiger charge is 2.07. The van der Waals surface area contributed by atoms with Crippen LogP contribution >= 0.6 is 46.4 Å². The summed E-state index contributed by atoms with van der Waals surface area (Å²) < 4.78 is 5.58. The molecule has 2 N–H and O–H groups in total. The van der Waals surface area contributed by atoms with Crippen molar-refractivity contribution >= 4 is 52.1 Å². The van der Waals surface area contributed by atoms with E-state index in [0.29, 0.717) is 38.1 Å². The van der Waals surface area contributed by atoms with Crippen LogP contribution in [0, 0.1) is 0 Å². The number of benzene rings is 2. The van der Waals surface area contributed by atoms with Crippen molar-refractivity contribution in [1.29, 1.82) is 0 Å². The van der Waals surface area contributed by atoms with Gasteiger partial charge < -0.3 is 10.5 Å². The van der Waals surface area contributed by atoms with Crippen LogP contribution in [0.5, 0.6) is 5.75 Å². The molecule has 0 aromatic heterocycles. The van der Waals surface area contributed by atoms with E-state index >= 15 is 0 Å². The minimum absolute atomic E-state index is 0.305. The molecule has 2 aromatic carbocycles. The minimum atomic E-state index is 0.305. The third-order valence-electron chi connectivity index (χ3n) is 2.43. The Morgan fingerprint density at radius 3 is 2.21 bits per heavy atom. The molecule has 0 atom stereocenters. The Hall–Kier alpha value is -0.800. The molecule has 100 valence electrons. The van der Waals surface area contributed by atoms with Gasteiger partial charge in [-0.3, -0.25) is 0 Å². The van der Waals surface area contributed by atoms with E-state index in [4.69, 9.17) is 56.9 Å². The maximum atomic E-state index is 6.01. The number of hydrogen-bond donors (Lipinski definition) is 1. The predicted molar refractivity (Wildman–Crippen MR) is 81.7 cm³/mol. The molecule has 0 saturated heterocycles. The number of anilines is 1. The van der Waals surface area contributed by atoms with Crippen molar-refractivity contribution in [2.45, 2.75) is 6.61 Å². The monoisotopic (exact) mass is 335 g/mol. The van der Waals surface area contributed by atoms with Crippen molar-refractivity contribution < 1.29 is 4.74 Å². The van der Waals surface area contributed by atoms with E-state index in [0.717, 1.165) is 5.56 Å². The summed E-state index contributed by atoms with van der Waals surface area (Å²) in [7, 11) is 0. The maximum Gasteiger partial charge on any atom is 0.139 e. The van der Waals surface area contributed by atoms with Crippen molar-refractivity contribution in [2.24, 2.45) is 0 Å². The van der Waals surface area contributed by atoms with E-state index < -0.39 is 0 Å². The normalized spacial score (nSPS) is 10.5. The molecule has 6 heteroatoms. The number of nitrogen functional groups attached to an aromatic ring is 1. The van der Waals surface area contributed by atoms with E-state index in [-0.39, 0.29) is 0 Å². The minimum Gasteiger partial charge on any atom is -0.487 e. The van der Waals surface area contributed by atoms with Gasteiger partial charge in [-0.1, -0.05) is 52.5 Å². The fourth-order valence-electron chi connectivity index (χ4n) is 1.46. The van der Waals surface area contributed by atoms with Gasteiger partial charge >= 0.3 is 0 Å². The molecule has 0 bridgehead atoms. The van der Waals surface area contributed by atoms with E-state index in [9.17, 15) is 0 Å². The second-order valence-electron chi connectivity index (χ2n) is 3.84. The fourth-order valence-corrected chi connectivity index (χ4v) is 2.17. The highest BCUT2D eigenvalue weighted by Crippen LogP contribution is 2.34. The number of hydrogen-bond acceptors (Lipinski definition) is 2. The van der Waals surface area contributed by atoms with Gasteiger partial charge in [0.1, 0.15) is 12.4 Å². The second kappa shape index (κ2) is 6.10. The Morgan fingerprint density at radius 1 is 0.842 bits per heavy atom. The highest BCUT2D eigenvalue weighted by molar-refractivity contribution is 6.43. The number of ether oxygens (including phenoxy) is 1. The summed E-state index contributed by atoms with van der Waals surface area (Å²) in [5.74, 6) is 0.463. The lowest BCUT2D eigenvalue weighted by atomic mass is 10.2. The predicted octanol–water partition coefficient (Wildman–Crippen LogP) is 5.46. The molecular formula is C13H9Cl4NO. The highest BCUT2D eigenvalue weighted by atomic mass is 35.5. The summed E-state index contributed by atoms with van der Waals surface area (Å²) in [5, 5.41) is 1.68. The molecule has 19 heavy (non-hydrogen) atoms. The van der Waals surface area contributed by atoms with Crippen LogP contribution in [0.3, 0.4) is 0 Å². The van der Waals surface area contributed by atoms with Crippen LogP contribution in [0.2, 0.25) is 20.1 Å². The average molecular weight is 337 g/mol. The van der Waals surface area contributed by atoms with Gasteiger partial charge in [0.05, 0.1) is 25.8 Å². The zero-order valence-electron chi connectivity index (χ0n) is 9.59. The summed E-state index contributed by atoms with van der Waals surface area (Å²) in [6.45, 7) is 0.305. The molecule has 0 saturated carbocycles. The molecule has 0 radical (unpaired) electrons. The topological polar surface area (TPSA) is 35.2 Å². The van der Waals surface area contributed by atoms with Crippen LogP contribution < -0.4 is 10.5 Å². The second-order valence-corrected chi connectivity index (χ2v) is 5.47. The number of halogens is 4. The van der Waals surface area contributed by atoms with Gasteiger partial charge in [0.25, 0.3) is 0 Å². The summed E-state index contributed by atoms with van der Waals surface area (Å²) >= 11 is 23.6. The largest absolute Gasteiger partial charge is 0.487 e. The lowest BCUT2D eigenvalue weighted by Crippen LogP contribution is -1.97. The Morgan fingerprint density at radius 2 is 1.53 bits per heavy atom. The van der Waals surface area contributed by atoms with E-state index in [2.05, 4.69) is 0 Å². The molecule has 0 aliphatic carbocycles. The third kappa shape index (κ3) is 3.61. The molecular weight excluding hydrogens is 328 g/mol. The maximum absolute atomic E-state index is 6.01. The molecule has 2 aromatic rings. The summed E-state index contributed by atoms with van der Waals surface area (Å²) in [5.41, 5.74) is 7.09. The summed E-state index contributed by atoms with van der Waals surface area (Å²) in [6, 6.07) is 8.40. The first-order chi connectivity index (χ1) is 8.97. The lowest BCUT2D eigenvalue weighted by molar-refractivity contribution is 0.306. The van der Waals surface area contributed by atoms with Crippen molar-refractivity contribution in [3.05, 3.63) is 56.0 Å². The molecule has 0 amide bonds. The van der Waals surface area contributed by atoms with Gasteiger partial charge in [0.2, 0.25) is 0 Å². The lowest BCUT2D eigenvalue weighted by Gasteiger charge is -2.10. The Balaban J connectivity index is 2.14. The fraction of sp³-hybridized carbons (Fsp3) is 0.0769. The molecule has 0 aliphatic rings. The molecule has 0 heterocycles. The van der Waals surface area contributed by atoms with Crippen molar-refractivity contribution in [3.8, 4) is 5.75 Å². The molecule has 0 unspecified atom stereocenters. The smallest absolute Gasteiger partial charge is 0.139 e. The van der Waals surface area contributed by atoms with Gasteiger partial charge in [0, 0.05) is 6.07 Å². The number of rotatable bonds is 3. The Labute approximate surface area is 131 Å². The number of nitrogens with two attached hydrogens (primary N) is 1. The zero-order chi connectivity index (χ0) is 14.0. The van der Waals surface area contributed by atoms with Crippen LogP contribution in [0.4, 0.5) is 5.69 Å². The van der Waals surface area contributed by atoms with Gasteiger partial charge in [-0.2, -0.15) is 0 Å². The van der Waals surface area contributed by atoms with Gasteiger partial charge in [-0.05, 0) is 23.8 Å². The molecule has 2 nitrogen and oxygen atoms in total. The summed E-state index contributed by atoms with van der Waals surface area (Å²) in [6.07, 6.45) is 0. The van der Waals surface area contributed by atoms with Crippen molar-refractivity contribution in [1.82, 2.24) is 0 Å². The van der Waals surface area contributed by atoms with Gasteiger partial charge in [0.15, 0.2) is 0 Å². The van der Waals surface area contributed by atoms with Crippen LogP contribution in [-0.4, -0.2) is 0 Å². The van der Waals surface area contributed by atoms with E-state index in [1.165, 1.54) is 6.07 Å². The first-order valence-electron chi connectivity index (χ1n) is 5.28. The van der Waals surface area contributed by atoms with Crippen LogP contribution in [0.15, 0.2) is 30.3 Å². The van der Waals surface area contributed by atoms with Crippen LogP contribution in [0.25, 0.3) is 0 Å². The SMILES string of the molecule is Nc1cc(COc2cc(Cl)c(Cl)cc2Cl)ccc1Cl. The van der Waals surface area contributed by atoms with Crippen molar-refractivity contribution in [2.75, 3.05) is 5.73 Å². The van der Waals surface area contributed by atoms with Gasteiger partial charge in [-0.25, -0.2) is 0 Å². The average Bonchev–Trinajstić information content (AvgIpc) is 2.36. The third-order valence-corrected chi connectivity index (χ3v) is 3.79. The molecule has 0 spiro atoms. The molecule has 2 rings (SSSR count). The van der Waals surface area contributed by atoms with Crippen molar-refractivity contribution in [3.63, 3.8) is 0 Å². The Kier molecular flexibility index (Phi) is 4.69. The summed E-state index contributed by atoms with van der Waals surface area (Å²) in [4.78, 5) is 0. The Bertz CT molecular complexity index is 616. The van der Waals surface area contributed by atoms with E-state index in [1.807, 2.05) is 6.07 Å². The van der Waals surface area contributed by atoms with Crippen LogP contribution in [0.1, 0.15) is 5.56 Å². The van der Waals surface area contributed by atoms with Gasteiger partial charge in [-0.15, -0.1) is 0 Å². The van der Waals surface area contributed by atoms with Crippen LogP contribution in [-0.2, 0) is 6.61 Å². The van der Waals surface area contributed by atoms with E-state index in [1.54, 1.807) is 18.2 Å².